The molecule has 180 valence electrons. The van der Waals surface area contributed by atoms with Gasteiger partial charge in [-0.25, -0.2) is 9.78 Å². The van der Waals surface area contributed by atoms with E-state index in [0.29, 0.717) is 19.4 Å². The maximum absolute atomic E-state index is 12.8. The molecule has 2 aliphatic carbocycles. The van der Waals surface area contributed by atoms with Crippen molar-refractivity contribution in [3.63, 3.8) is 0 Å². The molecule has 7 nitrogen and oxygen atoms in total. The van der Waals surface area contributed by atoms with Crippen LogP contribution in [-0.2, 0) is 20.7 Å². The standard InChI is InChI=1S/C28H30N4O3/c1-2-35-27(34)23(32-24-17-25(33)28(24)12-4-3-5-13-28)16-19-6-8-21(9-7-19)31-26-22-18-29-14-10-20(22)11-15-30-26/h6-11,14-15,18,23H,2-5,12-13,16-17H2,1H3,(H,30,31)/t23-/m0/s1. The summed E-state index contributed by atoms with van der Waals surface area (Å²) >= 11 is 0. The Kier molecular flexibility index (Phi) is 6.57. The van der Waals surface area contributed by atoms with Gasteiger partial charge in [0.2, 0.25) is 0 Å². The first-order valence-electron chi connectivity index (χ1n) is 12.4. The number of benzene rings is 1. The number of pyridine rings is 2. The van der Waals surface area contributed by atoms with Crippen LogP contribution >= 0.6 is 0 Å². The van der Waals surface area contributed by atoms with Gasteiger partial charge < -0.3 is 10.1 Å². The number of anilines is 2. The van der Waals surface area contributed by atoms with Crippen LogP contribution in [0.25, 0.3) is 10.8 Å². The van der Waals surface area contributed by atoms with E-state index in [1.165, 1.54) is 0 Å². The highest BCUT2D eigenvalue weighted by Gasteiger charge is 2.52. The predicted molar refractivity (Wildman–Crippen MR) is 136 cm³/mol. The van der Waals surface area contributed by atoms with Crippen LogP contribution < -0.4 is 5.32 Å². The Hall–Kier alpha value is -3.61. The molecule has 0 bridgehead atoms. The van der Waals surface area contributed by atoms with Gasteiger partial charge in [0.25, 0.3) is 0 Å². The fraction of sp³-hybridized carbons (Fsp3) is 0.393. The Morgan fingerprint density at radius 3 is 2.63 bits per heavy atom. The Labute approximate surface area is 205 Å². The van der Waals surface area contributed by atoms with Gasteiger partial charge in [-0.2, -0.15) is 0 Å². The molecular weight excluding hydrogens is 440 g/mol. The fourth-order valence-electron chi connectivity index (χ4n) is 5.24. The second-order valence-corrected chi connectivity index (χ2v) is 9.37. The van der Waals surface area contributed by atoms with Crippen LogP contribution in [0.15, 0.2) is 60.0 Å². The van der Waals surface area contributed by atoms with Gasteiger partial charge in [0.05, 0.1) is 12.0 Å². The minimum atomic E-state index is -0.638. The Bertz CT molecular complexity index is 1260. The Morgan fingerprint density at radius 1 is 1.11 bits per heavy atom. The van der Waals surface area contributed by atoms with Gasteiger partial charge in [0.15, 0.2) is 6.04 Å². The van der Waals surface area contributed by atoms with Gasteiger partial charge in [-0.3, -0.25) is 14.8 Å². The number of nitrogens with one attached hydrogen (secondary N) is 1. The summed E-state index contributed by atoms with van der Waals surface area (Å²) in [5.74, 6) is 0.692. The first-order valence-corrected chi connectivity index (χ1v) is 12.4. The highest BCUT2D eigenvalue weighted by atomic mass is 16.5. The van der Waals surface area contributed by atoms with E-state index >= 15 is 0 Å². The Morgan fingerprint density at radius 2 is 1.89 bits per heavy atom. The van der Waals surface area contributed by atoms with Crippen LogP contribution in [-0.4, -0.2) is 40.1 Å². The first-order chi connectivity index (χ1) is 17.1. The summed E-state index contributed by atoms with van der Waals surface area (Å²) in [6.45, 7) is 2.11. The van der Waals surface area contributed by atoms with E-state index in [0.717, 1.165) is 65.7 Å². The molecular formula is C28H30N4O3. The van der Waals surface area contributed by atoms with Crippen molar-refractivity contribution in [2.45, 2.75) is 57.9 Å². The van der Waals surface area contributed by atoms with Crippen molar-refractivity contribution in [2.75, 3.05) is 11.9 Å². The molecule has 0 saturated heterocycles. The number of hydrogen-bond acceptors (Lipinski definition) is 7. The quantitative estimate of drug-likeness (QED) is 0.476. The van der Waals surface area contributed by atoms with Crippen LogP contribution in [0, 0.1) is 5.41 Å². The summed E-state index contributed by atoms with van der Waals surface area (Å²) < 4.78 is 5.33. The van der Waals surface area contributed by atoms with E-state index < -0.39 is 11.5 Å². The van der Waals surface area contributed by atoms with Crippen molar-refractivity contribution in [3.05, 3.63) is 60.6 Å². The molecule has 1 aromatic carbocycles. The normalized spacial score (nSPS) is 18.9. The second-order valence-electron chi connectivity index (χ2n) is 9.37. The molecule has 1 spiro atoms. The van der Waals surface area contributed by atoms with Gasteiger partial charge >= 0.3 is 5.97 Å². The van der Waals surface area contributed by atoms with E-state index in [4.69, 9.17) is 9.73 Å². The third-order valence-electron chi connectivity index (χ3n) is 7.20. The molecule has 2 fully saturated rings. The summed E-state index contributed by atoms with van der Waals surface area (Å²) in [6.07, 6.45) is 11.1. The number of rotatable bonds is 7. The number of aromatic nitrogens is 2. The summed E-state index contributed by atoms with van der Waals surface area (Å²) in [4.78, 5) is 38.8. The third kappa shape index (κ3) is 4.67. The maximum atomic E-state index is 12.8. The maximum Gasteiger partial charge on any atom is 0.331 e. The number of fused-ring (bicyclic) bond motifs is 1. The number of carbonyl (C=O) groups is 2. The average molecular weight is 471 g/mol. The number of ketones is 1. The van der Waals surface area contributed by atoms with Gasteiger partial charge in [0, 0.05) is 48.2 Å². The Balaban J connectivity index is 1.33. The smallest absolute Gasteiger partial charge is 0.331 e. The zero-order chi connectivity index (χ0) is 24.3. The molecule has 2 heterocycles. The van der Waals surface area contributed by atoms with Gasteiger partial charge in [-0.05, 0) is 55.0 Å². The number of nitrogens with zero attached hydrogens (tertiary/aromatic N) is 3. The highest BCUT2D eigenvalue weighted by Crippen LogP contribution is 2.47. The van der Waals surface area contributed by atoms with E-state index in [9.17, 15) is 9.59 Å². The van der Waals surface area contributed by atoms with E-state index in [1.54, 1.807) is 25.5 Å². The number of aliphatic imine (C=N–C) groups is 1. The molecule has 0 aliphatic heterocycles. The lowest BCUT2D eigenvalue weighted by Crippen LogP contribution is -2.52. The van der Waals surface area contributed by atoms with E-state index in [1.807, 2.05) is 36.4 Å². The zero-order valence-corrected chi connectivity index (χ0v) is 20.0. The molecule has 3 aromatic rings. The topological polar surface area (TPSA) is 93.5 Å². The van der Waals surface area contributed by atoms with E-state index in [2.05, 4.69) is 15.3 Å². The minimum Gasteiger partial charge on any atom is -0.464 e. The average Bonchev–Trinajstić information content (AvgIpc) is 2.90. The van der Waals surface area contributed by atoms with Crippen LogP contribution in [0.1, 0.15) is 51.0 Å². The summed E-state index contributed by atoms with van der Waals surface area (Å²) in [5, 5.41) is 5.37. The number of hydrogen-bond donors (Lipinski definition) is 1. The second kappa shape index (κ2) is 9.94. The molecule has 2 saturated carbocycles. The van der Waals surface area contributed by atoms with Gasteiger partial charge in [-0.15, -0.1) is 0 Å². The van der Waals surface area contributed by atoms with Crippen molar-refractivity contribution in [1.29, 1.82) is 0 Å². The molecule has 7 heteroatoms. The van der Waals surface area contributed by atoms with Gasteiger partial charge in [-0.1, -0.05) is 31.4 Å². The lowest BCUT2D eigenvalue weighted by atomic mass is 9.58. The first kappa shape index (κ1) is 23.1. The lowest BCUT2D eigenvalue weighted by molar-refractivity contribution is -0.144. The summed E-state index contributed by atoms with van der Waals surface area (Å²) in [5.41, 5.74) is 2.35. The van der Waals surface area contributed by atoms with Crippen LogP contribution in [0.5, 0.6) is 0 Å². The zero-order valence-electron chi connectivity index (χ0n) is 20.0. The van der Waals surface area contributed by atoms with Crippen LogP contribution in [0.2, 0.25) is 0 Å². The minimum absolute atomic E-state index is 0.284. The molecule has 1 N–H and O–H groups in total. The third-order valence-corrected chi connectivity index (χ3v) is 7.20. The largest absolute Gasteiger partial charge is 0.464 e. The predicted octanol–water partition coefficient (Wildman–Crippen LogP) is 5.21. The molecule has 0 radical (unpaired) electrons. The molecule has 2 aromatic heterocycles. The van der Waals surface area contributed by atoms with E-state index in [-0.39, 0.29) is 11.8 Å². The number of Topliss-reactive ketones (excluding diaryl/α,β-unsaturated/α-hetero) is 1. The fourth-order valence-corrected chi connectivity index (χ4v) is 5.24. The molecule has 5 rings (SSSR count). The number of ether oxygens (including phenoxy) is 1. The van der Waals surface area contributed by atoms with Crippen molar-refractivity contribution < 1.29 is 14.3 Å². The summed E-state index contributed by atoms with van der Waals surface area (Å²) in [6, 6.07) is 11.2. The SMILES string of the molecule is CCOC(=O)[C@H](Cc1ccc(Nc2nccc3ccncc23)cc1)N=C1CC(=O)C12CCCCC2. The van der Waals surface area contributed by atoms with Crippen molar-refractivity contribution in [3.8, 4) is 0 Å². The van der Waals surface area contributed by atoms with Crippen molar-refractivity contribution in [2.24, 2.45) is 10.4 Å². The van der Waals surface area contributed by atoms with Gasteiger partial charge in [0.1, 0.15) is 11.6 Å². The number of carbonyl (C=O) groups excluding carboxylic acids is 2. The van der Waals surface area contributed by atoms with Crippen molar-refractivity contribution >= 4 is 39.7 Å². The molecule has 1 atom stereocenters. The molecule has 35 heavy (non-hydrogen) atoms. The monoisotopic (exact) mass is 470 g/mol. The van der Waals surface area contributed by atoms with Crippen molar-refractivity contribution in [1.82, 2.24) is 9.97 Å². The molecule has 2 aliphatic rings. The van der Waals surface area contributed by atoms with Crippen LogP contribution in [0.3, 0.4) is 0 Å². The number of esters is 1. The van der Waals surface area contributed by atoms with Crippen LogP contribution in [0.4, 0.5) is 11.5 Å². The molecule has 0 unspecified atom stereocenters. The molecule has 0 amide bonds. The lowest BCUT2D eigenvalue weighted by Gasteiger charge is -2.44. The summed E-state index contributed by atoms with van der Waals surface area (Å²) in [7, 11) is 0. The highest BCUT2D eigenvalue weighted by molar-refractivity contribution is 6.27.